The lowest BCUT2D eigenvalue weighted by Crippen LogP contribution is -2.30. The molecule has 366 valence electrons. The standard InChI is InChI=1S/C57H108O5/c1-4-7-10-13-16-19-22-24-26-28-30-32-34-37-40-43-46-49-52-60-53-55(62-57(59)51-48-45-42-39-35-21-18-15-12-9-6-3)54-61-56(58)50-47-44-41-38-36-33-31-29-27-25-23-20-17-14-11-8-5-2/h15,18,24,26,55H,4-14,16-17,19-23,25,27-54H2,1-3H3/b18-15-,26-24-. The summed E-state index contributed by atoms with van der Waals surface area (Å²) in [6, 6.07) is 0. The third-order valence-electron chi connectivity index (χ3n) is 12.5. The van der Waals surface area contributed by atoms with Crippen LogP contribution in [0.25, 0.3) is 0 Å². The zero-order valence-corrected chi connectivity index (χ0v) is 42.2. The molecule has 0 saturated carbocycles. The van der Waals surface area contributed by atoms with Crippen LogP contribution < -0.4 is 0 Å². The molecule has 0 spiro atoms. The Labute approximate surface area is 387 Å². The number of carbonyl (C=O) groups excluding carboxylic acids is 2. The maximum Gasteiger partial charge on any atom is 0.306 e. The fourth-order valence-corrected chi connectivity index (χ4v) is 8.25. The fourth-order valence-electron chi connectivity index (χ4n) is 8.25. The van der Waals surface area contributed by atoms with E-state index in [9.17, 15) is 9.59 Å². The molecule has 0 rings (SSSR count). The molecule has 0 aliphatic carbocycles. The monoisotopic (exact) mass is 873 g/mol. The summed E-state index contributed by atoms with van der Waals surface area (Å²) in [5.74, 6) is -0.391. The van der Waals surface area contributed by atoms with Crippen LogP contribution in [0.1, 0.15) is 303 Å². The number of unbranched alkanes of at least 4 members (excludes halogenated alkanes) is 37. The molecule has 5 nitrogen and oxygen atoms in total. The Kier molecular flexibility index (Phi) is 52.3. The van der Waals surface area contributed by atoms with Gasteiger partial charge in [-0.1, -0.05) is 251 Å². The molecule has 0 aliphatic rings. The van der Waals surface area contributed by atoms with Crippen LogP contribution in [-0.2, 0) is 23.8 Å². The minimum absolute atomic E-state index is 0.0875. The van der Waals surface area contributed by atoms with Gasteiger partial charge in [-0.3, -0.25) is 9.59 Å². The number of esters is 2. The third-order valence-corrected chi connectivity index (χ3v) is 12.5. The maximum absolute atomic E-state index is 12.8. The Morgan fingerprint density at radius 2 is 0.645 bits per heavy atom. The van der Waals surface area contributed by atoms with Crippen LogP contribution in [0.3, 0.4) is 0 Å². The number of hydrogen-bond donors (Lipinski definition) is 0. The summed E-state index contributed by atoms with van der Waals surface area (Å²) < 4.78 is 17.4. The van der Waals surface area contributed by atoms with E-state index in [0.717, 1.165) is 51.4 Å². The lowest BCUT2D eigenvalue weighted by atomic mass is 10.0. The van der Waals surface area contributed by atoms with Crippen LogP contribution in [0.15, 0.2) is 24.3 Å². The van der Waals surface area contributed by atoms with Crippen molar-refractivity contribution in [2.45, 2.75) is 309 Å². The predicted molar refractivity (Wildman–Crippen MR) is 270 cm³/mol. The maximum atomic E-state index is 12.8. The highest BCUT2D eigenvalue weighted by atomic mass is 16.6. The largest absolute Gasteiger partial charge is 0.462 e. The molecule has 0 bridgehead atoms. The summed E-state index contributed by atoms with van der Waals surface area (Å²) in [4.78, 5) is 25.4. The third kappa shape index (κ3) is 51.0. The summed E-state index contributed by atoms with van der Waals surface area (Å²) >= 11 is 0. The van der Waals surface area contributed by atoms with E-state index >= 15 is 0 Å². The van der Waals surface area contributed by atoms with Crippen molar-refractivity contribution in [2.24, 2.45) is 0 Å². The minimum atomic E-state index is -0.535. The highest BCUT2D eigenvalue weighted by Gasteiger charge is 2.17. The molecular formula is C57H108O5. The van der Waals surface area contributed by atoms with Crippen molar-refractivity contribution in [1.82, 2.24) is 0 Å². The molecule has 0 radical (unpaired) electrons. The van der Waals surface area contributed by atoms with E-state index in [1.165, 1.54) is 218 Å². The number of rotatable bonds is 52. The molecule has 5 heteroatoms. The summed E-state index contributed by atoms with van der Waals surface area (Å²) in [6.07, 6.45) is 63.4. The van der Waals surface area contributed by atoms with Gasteiger partial charge >= 0.3 is 11.9 Å². The molecule has 0 amide bonds. The van der Waals surface area contributed by atoms with E-state index in [4.69, 9.17) is 14.2 Å². The Morgan fingerprint density at radius 3 is 1.03 bits per heavy atom. The highest BCUT2D eigenvalue weighted by Crippen LogP contribution is 2.16. The van der Waals surface area contributed by atoms with Gasteiger partial charge in [0.2, 0.25) is 0 Å². The second-order valence-corrected chi connectivity index (χ2v) is 18.8. The summed E-state index contributed by atoms with van der Waals surface area (Å²) in [7, 11) is 0. The van der Waals surface area contributed by atoms with Gasteiger partial charge in [-0.05, 0) is 64.2 Å². The zero-order valence-electron chi connectivity index (χ0n) is 42.2. The van der Waals surface area contributed by atoms with Crippen LogP contribution in [-0.4, -0.2) is 37.9 Å². The topological polar surface area (TPSA) is 61.8 Å². The molecule has 0 aromatic rings. The Balaban J connectivity index is 4.17. The lowest BCUT2D eigenvalue weighted by molar-refractivity contribution is -0.163. The molecule has 62 heavy (non-hydrogen) atoms. The van der Waals surface area contributed by atoms with Gasteiger partial charge in [-0.25, -0.2) is 0 Å². The van der Waals surface area contributed by atoms with Gasteiger partial charge in [0, 0.05) is 19.4 Å². The van der Waals surface area contributed by atoms with E-state index in [1.807, 2.05) is 0 Å². The summed E-state index contributed by atoms with van der Waals surface area (Å²) in [5.41, 5.74) is 0. The van der Waals surface area contributed by atoms with E-state index in [-0.39, 0.29) is 25.2 Å². The van der Waals surface area contributed by atoms with Crippen molar-refractivity contribution in [1.29, 1.82) is 0 Å². The van der Waals surface area contributed by atoms with Gasteiger partial charge in [0.15, 0.2) is 6.10 Å². The van der Waals surface area contributed by atoms with Gasteiger partial charge in [-0.15, -0.1) is 0 Å². The molecule has 0 heterocycles. The van der Waals surface area contributed by atoms with Gasteiger partial charge in [0.05, 0.1) is 6.61 Å². The molecule has 0 saturated heterocycles. The Hall–Kier alpha value is -1.62. The van der Waals surface area contributed by atoms with Crippen LogP contribution >= 0.6 is 0 Å². The van der Waals surface area contributed by atoms with Crippen LogP contribution in [0.5, 0.6) is 0 Å². The summed E-state index contributed by atoms with van der Waals surface area (Å²) in [6.45, 7) is 7.83. The molecule has 0 aliphatic heterocycles. The number of ether oxygens (including phenoxy) is 3. The average Bonchev–Trinajstić information content (AvgIpc) is 3.27. The molecule has 0 aromatic heterocycles. The van der Waals surface area contributed by atoms with E-state index in [1.54, 1.807) is 0 Å². The first kappa shape index (κ1) is 60.4. The SMILES string of the molecule is CCCC/C=C\CCCCCCCC(=O)OC(COCCCCCCCCCC/C=C\CCCCCCCC)COC(=O)CCCCCCCCCCCCCCCCCCC. The van der Waals surface area contributed by atoms with E-state index in [0.29, 0.717) is 19.4 Å². The number of hydrogen-bond acceptors (Lipinski definition) is 5. The van der Waals surface area contributed by atoms with Crippen molar-refractivity contribution in [3.05, 3.63) is 24.3 Å². The van der Waals surface area contributed by atoms with E-state index in [2.05, 4.69) is 45.1 Å². The molecule has 1 unspecified atom stereocenters. The molecule has 0 fully saturated rings. The first-order valence-electron chi connectivity index (χ1n) is 27.9. The van der Waals surface area contributed by atoms with Crippen molar-refractivity contribution in [3.63, 3.8) is 0 Å². The predicted octanol–water partition coefficient (Wildman–Crippen LogP) is 18.8. The average molecular weight is 873 g/mol. The lowest BCUT2D eigenvalue weighted by Gasteiger charge is -2.18. The number of carbonyl (C=O) groups is 2. The first-order chi connectivity index (χ1) is 30.6. The molecule has 0 N–H and O–H groups in total. The second-order valence-electron chi connectivity index (χ2n) is 18.8. The van der Waals surface area contributed by atoms with E-state index < -0.39 is 6.10 Å². The molecular weight excluding hydrogens is 765 g/mol. The first-order valence-corrected chi connectivity index (χ1v) is 27.9. The van der Waals surface area contributed by atoms with Gasteiger partial charge in [-0.2, -0.15) is 0 Å². The normalized spacial score (nSPS) is 12.2. The van der Waals surface area contributed by atoms with Crippen molar-refractivity contribution in [2.75, 3.05) is 19.8 Å². The Bertz CT molecular complexity index is 943. The van der Waals surface area contributed by atoms with Gasteiger partial charge in [0.1, 0.15) is 6.61 Å². The molecule has 1 atom stereocenters. The van der Waals surface area contributed by atoms with Crippen molar-refractivity contribution >= 4 is 11.9 Å². The Morgan fingerprint density at radius 1 is 0.339 bits per heavy atom. The van der Waals surface area contributed by atoms with Crippen LogP contribution in [0, 0.1) is 0 Å². The van der Waals surface area contributed by atoms with Gasteiger partial charge in [0.25, 0.3) is 0 Å². The fraction of sp³-hybridized carbons (Fsp3) is 0.895. The second kappa shape index (κ2) is 53.7. The quantitative estimate of drug-likeness (QED) is 0.0346. The highest BCUT2D eigenvalue weighted by molar-refractivity contribution is 5.70. The number of allylic oxidation sites excluding steroid dienone is 4. The summed E-state index contributed by atoms with van der Waals surface area (Å²) in [5, 5.41) is 0. The van der Waals surface area contributed by atoms with Crippen molar-refractivity contribution < 1.29 is 23.8 Å². The van der Waals surface area contributed by atoms with Crippen molar-refractivity contribution in [3.8, 4) is 0 Å². The zero-order chi connectivity index (χ0) is 44.9. The van der Waals surface area contributed by atoms with Gasteiger partial charge < -0.3 is 14.2 Å². The minimum Gasteiger partial charge on any atom is -0.462 e. The van der Waals surface area contributed by atoms with Crippen LogP contribution in [0.4, 0.5) is 0 Å². The molecule has 0 aromatic carbocycles. The van der Waals surface area contributed by atoms with Crippen LogP contribution in [0.2, 0.25) is 0 Å². The smallest absolute Gasteiger partial charge is 0.306 e.